The minimum atomic E-state index is 0.756. The summed E-state index contributed by atoms with van der Waals surface area (Å²) in [6.45, 7) is 2.41. The van der Waals surface area contributed by atoms with Gasteiger partial charge in [0.1, 0.15) is 0 Å². The SMILES string of the molecule is C1CNC(CNC2CCCSC2)C1. The molecule has 0 bridgehead atoms. The highest BCUT2D eigenvalue weighted by Gasteiger charge is 2.17. The number of thioether (sulfide) groups is 1. The summed E-state index contributed by atoms with van der Waals surface area (Å²) in [5, 5.41) is 7.21. The Morgan fingerprint density at radius 1 is 1.31 bits per heavy atom. The van der Waals surface area contributed by atoms with Crippen LogP contribution in [0.2, 0.25) is 0 Å². The third-order valence-corrected chi connectivity index (χ3v) is 4.19. The summed E-state index contributed by atoms with van der Waals surface area (Å²) in [6.07, 6.45) is 5.53. The molecule has 2 aliphatic heterocycles. The second kappa shape index (κ2) is 5.23. The van der Waals surface area contributed by atoms with Crippen LogP contribution < -0.4 is 10.6 Å². The average molecular weight is 200 g/mol. The van der Waals surface area contributed by atoms with Crippen LogP contribution in [0.5, 0.6) is 0 Å². The Hall–Kier alpha value is 0.270. The van der Waals surface area contributed by atoms with E-state index in [1.807, 2.05) is 0 Å². The second-order valence-electron chi connectivity index (χ2n) is 4.12. The van der Waals surface area contributed by atoms with Crippen LogP contribution in [-0.4, -0.2) is 36.7 Å². The van der Waals surface area contributed by atoms with Gasteiger partial charge in [-0.05, 0) is 38.0 Å². The highest BCUT2D eigenvalue weighted by atomic mass is 32.2. The molecule has 0 spiro atoms. The molecule has 2 fully saturated rings. The summed E-state index contributed by atoms with van der Waals surface area (Å²) in [6, 6.07) is 1.55. The summed E-state index contributed by atoms with van der Waals surface area (Å²) >= 11 is 2.10. The van der Waals surface area contributed by atoms with Crippen molar-refractivity contribution in [3.05, 3.63) is 0 Å². The van der Waals surface area contributed by atoms with Gasteiger partial charge in [-0.3, -0.25) is 0 Å². The highest BCUT2D eigenvalue weighted by Crippen LogP contribution is 2.17. The van der Waals surface area contributed by atoms with E-state index in [2.05, 4.69) is 22.4 Å². The van der Waals surface area contributed by atoms with Gasteiger partial charge in [0.15, 0.2) is 0 Å². The van der Waals surface area contributed by atoms with Gasteiger partial charge < -0.3 is 10.6 Å². The Balaban J connectivity index is 1.60. The van der Waals surface area contributed by atoms with E-state index in [1.165, 1.54) is 50.3 Å². The van der Waals surface area contributed by atoms with E-state index in [-0.39, 0.29) is 0 Å². The van der Waals surface area contributed by atoms with Crippen molar-refractivity contribution >= 4 is 11.8 Å². The Labute approximate surface area is 85.2 Å². The Kier molecular flexibility index (Phi) is 3.94. The van der Waals surface area contributed by atoms with Crippen LogP contribution in [0.3, 0.4) is 0 Å². The number of hydrogen-bond donors (Lipinski definition) is 2. The first-order chi connectivity index (χ1) is 6.45. The molecule has 2 atom stereocenters. The zero-order valence-corrected chi connectivity index (χ0v) is 9.04. The molecule has 0 aliphatic carbocycles. The molecular formula is C10H20N2S. The molecule has 2 rings (SSSR count). The molecule has 2 heterocycles. The van der Waals surface area contributed by atoms with Crippen LogP contribution in [0.4, 0.5) is 0 Å². The maximum Gasteiger partial charge on any atom is 0.0193 e. The molecule has 76 valence electrons. The Bertz CT molecular complexity index is 140. The summed E-state index contributed by atoms with van der Waals surface area (Å²) in [5.41, 5.74) is 0. The molecule has 0 aromatic rings. The molecule has 2 saturated heterocycles. The van der Waals surface area contributed by atoms with E-state index in [1.54, 1.807) is 0 Å². The van der Waals surface area contributed by atoms with Crippen molar-refractivity contribution in [1.29, 1.82) is 0 Å². The lowest BCUT2D eigenvalue weighted by Crippen LogP contribution is -2.41. The van der Waals surface area contributed by atoms with Crippen molar-refractivity contribution in [3.63, 3.8) is 0 Å². The van der Waals surface area contributed by atoms with Crippen LogP contribution in [0, 0.1) is 0 Å². The second-order valence-corrected chi connectivity index (χ2v) is 5.27. The van der Waals surface area contributed by atoms with Gasteiger partial charge >= 0.3 is 0 Å². The van der Waals surface area contributed by atoms with Gasteiger partial charge in [0.25, 0.3) is 0 Å². The zero-order chi connectivity index (χ0) is 8.93. The maximum atomic E-state index is 3.68. The van der Waals surface area contributed by atoms with Crippen LogP contribution >= 0.6 is 11.8 Å². The zero-order valence-electron chi connectivity index (χ0n) is 8.22. The Morgan fingerprint density at radius 3 is 3.00 bits per heavy atom. The number of rotatable bonds is 3. The predicted molar refractivity (Wildman–Crippen MR) is 59.4 cm³/mol. The summed E-state index contributed by atoms with van der Waals surface area (Å²) in [5.74, 6) is 2.70. The van der Waals surface area contributed by atoms with Crippen LogP contribution in [0.25, 0.3) is 0 Å². The maximum absolute atomic E-state index is 3.68. The Morgan fingerprint density at radius 2 is 2.31 bits per heavy atom. The van der Waals surface area contributed by atoms with Crippen molar-refractivity contribution in [3.8, 4) is 0 Å². The van der Waals surface area contributed by atoms with Gasteiger partial charge in [0, 0.05) is 24.4 Å². The van der Waals surface area contributed by atoms with Gasteiger partial charge in [-0.25, -0.2) is 0 Å². The van der Waals surface area contributed by atoms with Crippen molar-refractivity contribution in [2.75, 3.05) is 24.6 Å². The molecule has 0 aromatic heterocycles. The summed E-state index contributed by atoms with van der Waals surface area (Å²) in [7, 11) is 0. The highest BCUT2D eigenvalue weighted by molar-refractivity contribution is 7.99. The van der Waals surface area contributed by atoms with E-state index in [9.17, 15) is 0 Å². The largest absolute Gasteiger partial charge is 0.313 e. The molecule has 0 aromatic carbocycles. The third-order valence-electron chi connectivity index (χ3n) is 2.98. The minimum absolute atomic E-state index is 0.756. The van der Waals surface area contributed by atoms with E-state index < -0.39 is 0 Å². The van der Waals surface area contributed by atoms with Gasteiger partial charge in [-0.15, -0.1) is 0 Å². The van der Waals surface area contributed by atoms with E-state index in [4.69, 9.17) is 0 Å². The van der Waals surface area contributed by atoms with Gasteiger partial charge in [-0.1, -0.05) is 0 Å². The first-order valence-electron chi connectivity index (χ1n) is 5.49. The number of nitrogens with one attached hydrogen (secondary N) is 2. The van der Waals surface area contributed by atoms with Crippen molar-refractivity contribution in [2.24, 2.45) is 0 Å². The fourth-order valence-electron chi connectivity index (χ4n) is 2.14. The summed E-state index contributed by atoms with van der Waals surface area (Å²) < 4.78 is 0. The first-order valence-corrected chi connectivity index (χ1v) is 6.65. The molecule has 0 amide bonds. The van der Waals surface area contributed by atoms with Crippen LogP contribution in [0.15, 0.2) is 0 Å². The average Bonchev–Trinajstić information content (AvgIpc) is 2.69. The fraction of sp³-hybridized carbons (Fsp3) is 1.00. The molecule has 0 saturated carbocycles. The smallest absolute Gasteiger partial charge is 0.0193 e. The van der Waals surface area contributed by atoms with E-state index in [0.29, 0.717) is 0 Å². The molecular weight excluding hydrogens is 180 g/mol. The van der Waals surface area contributed by atoms with E-state index >= 15 is 0 Å². The lowest BCUT2D eigenvalue weighted by atomic mass is 10.1. The van der Waals surface area contributed by atoms with Crippen molar-refractivity contribution in [2.45, 2.75) is 37.8 Å². The monoisotopic (exact) mass is 200 g/mol. The quantitative estimate of drug-likeness (QED) is 0.716. The molecule has 13 heavy (non-hydrogen) atoms. The molecule has 0 radical (unpaired) electrons. The van der Waals surface area contributed by atoms with Gasteiger partial charge in [-0.2, -0.15) is 11.8 Å². The fourth-order valence-corrected chi connectivity index (χ4v) is 3.25. The molecule has 2 N–H and O–H groups in total. The molecule has 2 unspecified atom stereocenters. The lowest BCUT2D eigenvalue weighted by molar-refractivity contribution is 0.458. The van der Waals surface area contributed by atoms with Gasteiger partial charge in [0.2, 0.25) is 0 Å². The predicted octanol–water partition coefficient (Wildman–Crippen LogP) is 1.22. The summed E-state index contributed by atoms with van der Waals surface area (Å²) in [4.78, 5) is 0. The first kappa shape index (κ1) is 9.81. The van der Waals surface area contributed by atoms with Crippen molar-refractivity contribution in [1.82, 2.24) is 10.6 Å². The molecule has 2 aliphatic rings. The van der Waals surface area contributed by atoms with Gasteiger partial charge in [0.05, 0.1) is 0 Å². The van der Waals surface area contributed by atoms with E-state index in [0.717, 1.165) is 12.1 Å². The lowest BCUT2D eigenvalue weighted by Gasteiger charge is -2.24. The van der Waals surface area contributed by atoms with Crippen LogP contribution in [-0.2, 0) is 0 Å². The van der Waals surface area contributed by atoms with Crippen LogP contribution in [0.1, 0.15) is 25.7 Å². The normalized spacial score (nSPS) is 35.1. The topological polar surface area (TPSA) is 24.1 Å². The van der Waals surface area contributed by atoms with Crippen molar-refractivity contribution < 1.29 is 0 Å². The molecule has 3 heteroatoms. The standard InChI is InChI=1S/C10H20N2S/c1-3-9(11-5-1)7-12-10-4-2-6-13-8-10/h9-12H,1-8H2. The molecule has 2 nitrogen and oxygen atoms in total. The number of hydrogen-bond acceptors (Lipinski definition) is 3. The third kappa shape index (κ3) is 3.15. The minimum Gasteiger partial charge on any atom is -0.313 e.